The van der Waals surface area contributed by atoms with Gasteiger partial charge in [0.2, 0.25) is 5.88 Å². The first kappa shape index (κ1) is 18.4. The average molecular weight is 342 g/mol. The monoisotopic (exact) mass is 342 g/mol. The number of pyridine rings is 1. The summed E-state index contributed by atoms with van der Waals surface area (Å²) in [4.78, 5) is 27.9. The van der Waals surface area contributed by atoms with Gasteiger partial charge in [0.1, 0.15) is 12.1 Å². The van der Waals surface area contributed by atoms with Crippen LogP contribution in [0.15, 0.2) is 48.7 Å². The van der Waals surface area contributed by atoms with Gasteiger partial charge in [-0.3, -0.25) is 4.79 Å². The first-order chi connectivity index (χ1) is 11.9. The number of aromatic nitrogens is 1. The smallest absolute Gasteiger partial charge is 0.329 e. The minimum absolute atomic E-state index is 0.307. The Morgan fingerprint density at radius 1 is 1.24 bits per heavy atom. The molecule has 0 aliphatic carbocycles. The number of nitrogens with one attached hydrogen (secondary N) is 1. The zero-order valence-electron chi connectivity index (χ0n) is 14.4. The van der Waals surface area contributed by atoms with Gasteiger partial charge in [-0.25, -0.2) is 9.78 Å². The number of rotatable bonds is 8. The molecule has 6 nitrogen and oxygen atoms in total. The third-order valence-electron chi connectivity index (χ3n) is 3.84. The number of carbonyl (C=O) groups excluding carboxylic acids is 1. The Kier molecular flexibility index (Phi) is 6.11. The molecule has 2 N–H and O–H groups in total. The number of amides is 1. The van der Waals surface area contributed by atoms with Crippen LogP contribution in [0.25, 0.3) is 0 Å². The highest BCUT2D eigenvalue weighted by Gasteiger charge is 2.34. The summed E-state index contributed by atoms with van der Waals surface area (Å²) in [5.41, 5.74) is -0.0117. The summed E-state index contributed by atoms with van der Waals surface area (Å²) in [7, 11) is 0. The van der Waals surface area contributed by atoms with Crippen LogP contribution in [0.4, 0.5) is 0 Å². The number of aliphatic carboxylic acids is 1. The second-order valence-electron chi connectivity index (χ2n) is 6.00. The third kappa shape index (κ3) is 5.04. The normalized spacial score (nSPS) is 12.9. The molecule has 0 fully saturated rings. The van der Waals surface area contributed by atoms with Crippen molar-refractivity contribution in [2.45, 2.75) is 38.8 Å². The van der Waals surface area contributed by atoms with Gasteiger partial charge in [-0.1, -0.05) is 43.7 Å². The highest BCUT2D eigenvalue weighted by atomic mass is 16.5. The van der Waals surface area contributed by atoms with E-state index in [-0.39, 0.29) is 0 Å². The lowest BCUT2D eigenvalue weighted by molar-refractivity contribution is -0.144. The molecule has 25 heavy (non-hydrogen) atoms. The van der Waals surface area contributed by atoms with Crippen molar-refractivity contribution in [2.75, 3.05) is 0 Å². The lowest BCUT2D eigenvalue weighted by Crippen LogP contribution is -2.52. The van der Waals surface area contributed by atoms with Crippen LogP contribution in [0.3, 0.4) is 0 Å². The molecule has 1 aromatic heterocycles. The first-order valence-corrected chi connectivity index (χ1v) is 8.13. The van der Waals surface area contributed by atoms with E-state index in [2.05, 4.69) is 10.3 Å². The van der Waals surface area contributed by atoms with Crippen LogP contribution in [0.2, 0.25) is 0 Å². The van der Waals surface area contributed by atoms with Gasteiger partial charge in [0.15, 0.2) is 0 Å². The first-order valence-electron chi connectivity index (χ1n) is 8.13. The lowest BCUT2D eigenvalue weighted by atomic mass is 9.96. The Labute approximate surface area is 146 Å². The second kappa shape index (κ2) is 8.28. The minimum Gasteiger partial charge on any atom is -0.480 e. The van der Waals surface area contributed by atoms with Crippen LogP contribution in [0.1, 0.15) is 42.6 Å². The van der Waals surface area contributed by atoms with Crippen molar-refractivity contribution in [3.63, 3.8) is 0 Å². The van der Waals surface area contributed by atoms with Crippen molar-refractivity contribution < 1.29 is 19.4 Å². The molecule has 0 aliphatic rings. The van der Waals surface area contributed by atoms with Crippen LogP contribution >= 0.6 is 0 Å². The molecule has 0 radical (unpaired) electrons. The molecule has 132 valence electrons. The van der Waals surface area contributed by atoms with Crippen LogP contribution < -0.4 is 10.1 Å². The van der Waals surface area contributed by atoms with Crippen LogP contribution in [-0.2, 0) is 11.4 Å². The van der Waals surface area contributed by atoms with Gasteiger partial charge >= 0.3 is 5.97 Å². The number of benzene rings is 1. The van der Waals surface area contributed by atoms with Crippen LogP contribution in [0.5, 0.6) is 5.88 Å². The maximum Gasteiger partial charge on any atom is 0.329 e. The van der Waals surface area contributed by atoms with E-state index in [0.29, 0.717) is 30.9 Å². The van der Waals surface area contributed by atoms with Gasteiger partial charge in [0.05, 0.1) is 0 Å². The number of hydrogen-bond acceptors (Lipinski definition) is 4. The molecule has 6 heteroatoms. The Morgan fingerprint density at radius 2 is 1.96 bits per heavy atom. The predicted molar refractivity (Wildman–Crippen MR) is 93.4 cm³/mol. The minimum atomic E-state index is -1.31. The Morgan fingerprint density at radius 3 is 2.60 bits per heavy atom. The molecular weight excluding hydrogens is 320 g/mol. The van der Waals surface area contributed by atoms with Gasteiger partial charge in [-0.05, 0) is 25.0 Å². The maximum absolute atomic E-state index is 12.4. The molecule has 1 amide bonds. The third-order valence-corrected chi connectivity index (χ3v) is 3.84. The van der Waals surface area contributed by atoms with Gasteiger partial charge in [0, 0.05) is 17.8 Å². The van der Waals surface area contributed by atoms with E-state index in [1.165, 1.54) is 25.3 Å². The lowest BCUT2D eigenvalue weighted by Gasteiger charge is -2.25. The Balaban J connectivity index is 2.06. The number of carboxylic acids is 1. The summed E-state index contributed by atoms with van der Waals surface area (Å²) in [5.74, 6) is -1.22. The fourth-order valence-electron chi connectivity index (χ4n) is 2.41. The molecular formula is C19H22N2O4. The fourth-order valence-corrected chi connectivity index (χ4v) is 2.41. The molecule has 0 aliphatic heterocycles. The molecule has 1 aromatic carbocycles. The summed E-state index contributed by atoms with van der Waals surface area (Å²) < 4.78 is 5.60. The zero-order chi connectivity index (χ0) is 18.3. The predicted octanol–water partition coefficient (Wildman–Crippen LogP) is 3.03. The standard InChI is InChI=1S/C19H22N2O4/c1-3-10-19(2,18(23)24)21-17(22)15-9-11-20-16(12-15)25-13-14-7-5-4-6-8-14/h4-9,11-12H,3,10,13H2,1-2H3,(H,21,22)(H,23,24). The number of ether oxygens (including phenoxy) is 1. The Bertz CT molecular complexity index is 733. The highest BCUT2D eigenvalue weighted by molar-refractivity contribution is 5.97. The van der Waals surface area contributed by atoms with Crippen molar-refractivity contribution in [3.05, 3.63) is 59.8 Å². The van der Waals surface area contributed by atoms with E-state index < -0.39 is 17.4 Å². The molecule has 2 aromatic rings. The number of hydrogen-bond donors (Lipinski definition) is 2. The second-order valence-corrected chi connectivity index (χ2v) is 6.00. The molecule has 1 heterocycles. The van der Waals surface area contributed by atoms with Crippen LogP contribution in [-0.4, -0.2) is 27.5 Å². The molecule has 0 bridgehead atoms. The highest BCUT2D eigenvalue weighted by Crippen LogP contribution is 2.16. The zero-order valence-corrected chi connectivity index (χ0v) is 14.4. The van der Waals surface area contributed by atoms with Gasteiger partial charge in [0.25, 0.3) is 5.91 Å². The quantitative estimate of drug-likeness (QED) is 0.770. The van der Waals surface area contributed by atoms with E-state index in [4.69, 9.17) is 4.74 Å². The van der Waals surface area contributed by atoms with Crippen molar-refractivity contribution in [2.24, 2.45) is 0 Å². The van der Waals surface area contributed by atoms with Gasteiger partial charge in [-0.2, -0.15) is 0 Å². The molecule has 2 rings (SSSR count). The summed E-state index contributed by atoms with van der Waals surface area (Å²) in [5, 5.41) is 12.0. The number of carbonyl (C=O) groups is 2. The summed E-state index contributed by atoms with van der Waals surface area (Å²) in [6, 6.07) is 12.6. The van der Waals surface area contributed by atoms with Gasteiger partial charge in [-0.15, -0.1) is 0 Å². The topological polar surface area (TPSA) is 88.5 Å². The average Bonchev–Trinajstić information content (AvgIpc) is 2.61. The fraction of sp³-hybridized carbons (Fsp3) is 0.316. The van der Waals surface area contributed by atoms with E-state index in [1.807, 2.05) is 37.3 Å². The van der Waals surface area contributed by atoms with Crippen LogP contribution in [0, 0.1) is 0 Å². The number of nitrogens with zero attached hydrogens (tertiary/aromatic N) is 1. The molecule has 0 saturated heterocycles. The molecule has 0 spiro atoms. The Hall–Kier alpha value is -2.89. The van der Waals surface area contributed by atoms with Crippen molar-refractivity contribution in [1.82, 2.24) is 10.3 Å². The van der Waals surface area contributed by atoms with Crippen molar-refractivity contribution >= 4 is 11.9 Å². The van der Waals surface area contributed by atoms with E-state index >= 15 is 0 Å². The SMILES string of the molecule is CCCC(C)(NC(=O)c1ccnc(OCc2ccccc2)c1)C(=O)O. The van der Waals surface area contributed by atoms with E-state index in [9.17, 15) is 14.7 Å². The molecule has 0 saturated carbocycles. The van der Waals surface area contributed by atoms with Crippen molar-refractivity contribution in [3.8, 4) is 5.88 Å². The van der Waals surface area contributed by atoms with E-state index in [1.54, 1.807) is 0 Å². The van der Waals surface area contributed by atoms with Crippen molar-refractivity contribution in [1.29, 1.82) is 0 Å². The molecule has 1 unspecified atom stereocenters. The summed E-state index contributed by atoms with van der Waals surface area (Å²) in [6.07, 6.45) is 2.45. The number of carboxylic acid groups (broad SMARTS) is 1. The van der Waals surface area contributed by atoms with E-state index in [0.717, 1.165) is 5.56 Å². The van der Waals surface area contributed by atoms with Gasteiger partial charge < -0.3 is 15.2 Å². The molecule has 1 atom stereocenters. The largest absolute Gasteiger partial charge is 0.480 e. The maximum atomic E-state index is 12.4. The summed E-state index contributed by atoms with van der Waals surface area (Å²) >= 11 is 0. The summed E-state index contributed by atoms with van der Waals surface area (Å²) in [6.45, 7) is 3.71.